The van der Waals surface area contributed by atoms with Gasteiger partial charge in [0, 0.05) is 24.6 Å². The Kier molecular flexibility index (Phi) is 4.52. The van der Waals surface area contributed by atoms with Gasteiger partial charge in [0.15, 0.2) is 0 Å². The molecule has 0 aromatic heterocycles. The molecule has 0 saturated carbocycles. The molecule has 2 aliphatic rings. The highest BCUT2D eigenvalue weighted by molar-refractivity contribution is 6.00. The van der Waals surface area contributed by atoms with Crippen molar-refractivity contribution in [3.8, 4) is 17.2 Å². The number of ether oxygens (including phenoxy) is 3. The van der Waals surface area contributed by atoms with Crippen LogP contribution in [0.2, 0.25) is 0 Å². The van der Waals surface area contributed by atoms with Crippen molar-refractivity contribution in [2.45, 2.75) is 18.9 Å². The third kappa shape index (κ3) is 3.14. The topological polar surface area (TPSA) is 48.0 Å². The Bertz CT molecular complexity index is 896. The van der Waals surface area contributed by atoms with Gasteiger partial charge in [-0.1, -0.05) is 6.07 Å². The molecule has 1 saturated heterocycles. The molecule has 5 heteroatoms. The smallest absolute Gasteiger partial charge is 0.250 e. The van der Waals surface area contributed by atoms with Gasteiger partial charge >= 0.3 is 0 Å². The third-order valence-corrected chi connectivity index (χ3v) is 5.37. The number of hydrogen-bond donors (Lipinski definition) is 0. The number of hydrogen-bond acceptors (Lipinski definition) is 4. The predicted molar refractivity (Wildman–Crippen MR) is 103 cm³/mol. The van der Waals surface area contributed by atoms with Crippen molar-refractivity contribution in [3.05, 3.63) is 58.7 Å². The van der Waals surface area contributed by atoms with E-state index in [0.717, 1.165) is 29.9 Å². The molecule has 4 rings (SSSR count). The molecule has 0 bridgehead atoms. The number of methoxy groups -OCH3 is 3. The lowest BCUT2D eigenvalue weighted by Gasteiger charge is -2.31. The highest BCUT2D eigenvalue weighted by Crippen LogP contribution is 2.42. The predicted octanol–water partition coefficient (Wildman–Crippen LogP) is 3.63. The van der Waals surface area contributed by atoms with E-state index in [9.17, 15) is 4.79 Å². The monoisotopic (exact) mass is 365 g/mol. The van der Waals surface area contributed by atoms with Crippen LogP contribution in [0.3, 0.4) is 0 Å². The molecule has 2 aromatic carbocycles. The molecule has 1 atom stereocenters. The van der Waals surface area contributed by atoms with Gasteiger partial charge in [0.2, 0.25) is 5.91 Å². The van der Waals surface area contributed by atoms with E-state index < -0.39 is 0 Å². The minimum absolute atomic E-state index is 0.103. The fourth-order valence-electron chi connectivity index (χ4n) is 3.99. The van der Waals surface area contributed by atoms with E-state index in [-0.39, 0.29) is 11.9 Å². The second-order valence-electron chi connectivity index (χ2n) is 6.85. The molecule has 5 nitrogen and oxygen atoms in total. The summed E-state index contributed by atoms with van der Waals surface area (Å²) in [7, 11) is 4.93. The molecule has 1 amide bonds. The summed E-state index contributed by atoms with van der Waals surface area (Å²) >= 11 is 0. The van der Waals surface area contributed by atoms with Gasteiger partial charge in [0.25, 0.3) is 0 Å². The van der Waals surface area contributed by atoms with Crippen molar-refractivity contribution in [2.24, 2.45) is 0 Å². The van der Waals surface area contributed by atoms with Crippen molar-refractivity contribution in [2.75, 3.05) is 27.9 Å². The van der Waals surface area contributed by atoms with Crippen LogP contribution < -0.4 is 14.2 Å². The zero-order valence-electron chi connectivity index (χ0n) is 15.8. The van der Waals surface area contributed by atoms with Crippen LogP contribution in [0.15, 0.2) is 42.0 Å². The minimum atomic E-state index is 0.103. The van der Waals surface area contributed by atoms with Gasteiger partial charge in [0.1, 0.15) is 17.2 Å². The van der Waals surface area contributed by atoms with Crippen molar-refractivity contribution < 1.29 is 19.0 Å². The average molecular weight is 365 g/mol. The molecular formula is C22H23NO4. The third-order valence-electron chi connectivity index (χ3n) is 5.37. The van der Waals surface area contributed by atoms with Gasteiger partial charge in [0.05, 0.1) is 27.4 Å². The zero-order valence-corrected chi connectivity index (χ0v) is 15.8. The molecule has 140 valence electrons. The van der Waals surface area contributed by atoms with Gasteiger partial charge in [-0.3, -0.25) is 4.79 Å². The Labute approximate surface area is 159 Å². The van der Waals surface area contributed by atoms with Crippen LogP contribution in [-0.2, 0) is 11.2 Å². The highest BCUT2D eigenvalue weighted by Gasteiger charge is 2.39. The lowest BCUT2D eigenvalue weighted by atomic mass is 9.92. The maximum absolute atomic E-state index is 13.0. The molecule has 2 aromatic rings. The Morgan fingerprint density at radius 3 is 2.33 bits per heavy atom. The van der Waals surface area contributed by atoms with Crippen LogP contribution in [0, 0.1) is 0 Å². The average Bonchev–Trinajstić information content (AvgIpc) is 3.02. The van der Waals surface area contributed by atoms with Crippen LogP contribution in [0.5, 0.6) is 17.2 Å². The Morgan fingerprint density at radius 1 is 0.963 bits per heavy atom. The normalized spacial score (nSPS) is 19.7. The van der Waals surface area contributed by atoms with Crippen LogP contribution in [-0.4, -0.2) is 38.7 Å². The number of fused-ring (bicyclic) bond motifs is 3. The number of nitrogens with zero attached hydrogens (tertiary/aromatic N) is 1. The molecule has 1 fully saturated rings. The van der Waals surface area contributed by atoms with E-state index in [0.29, 0.717) is 17.9 Å². The van der Waals surface area contributed by atoms with Crippen LogP contribution in [0.25, 0.3) is 6.08 Å². The Hall–Kier alpha value is -2.95. The van der Waals surface area contributed by atoms with E-state index in [4.69, 9.17) is 14.2 Å². The molecular weight excluding hydrogens is 342 g/mol. The molecule has 0 N–H and O–H groups in total. The molecule has 0 radical (unpaired) electrons. The summed E-state index contributed by atoms with van der Waals surface area (Å²) in [5.74, 6) is 2.40. The largest absolute Gasteiger partial charge is 0.497 e. The number of rotatable bonds is 4. The molecule has 2 aliphatic heterocycles. The first-order chi connectivity index (χ1) is 13.1. The van der Waals surface area contributed by atoms with Crippen LogP contribution in [0.1, 0.15) is 29.2 Å². The van der Waals surface area contributed by atoms with Gasteiger partial charge in [-0.15, -0.1) is 0 Å². The quantitative estimate of drug-likeness (QED) is 0.777. The van der Waals surface area contributed by atoms with E-state index in [1.807, 2.05) is 35.2 Å². The summed E-state index contributed by atoms with van der Waals surface area (Å²) in [5.41, 5.74) is 4.22. The first kappa shape index (κ1) is 17.5. The van der Waals surface area contributed by atoms with Crippen molar-refractivity contribution >= 4 is 12.0 Å². The van der Waals surface area contributed by atoms with E-state index in [1.54, 1.807) is 21.3 Å². The summed E-state index contributed by atoms with van der Waals surface area (Å²) in [6.45, 7) is 0.739. The van der Waals surface area contributed by atoms with Crippen molar-refractivity contribution in [1.29, 1.82) is 0 Å². The van der Waals surface area contributed by atoms with E-state index in [1.165, 1.54) is 11.1 Å². The van der Waals surface area contributed by atoms with Gasteiger partial charge in [-0.25, -0.2) is 0 Å². The fourth-order valence-corrected chi connectivity index (χ4v) is 3.99. The first-order valence-electron chi connectivity index (χ1n) is 9.04. The SMILES string of the molecule is COc1cc(/C=C2/CC3c4ccc(OC)cc4CCN3C2=O)cc(OC)c1. The lowest BCUT2D eigenvalue weighted by molar-refractivity contribution is -0.126. The summed E-state index contributed by atoms with van der Waals surface area (Å²) in [6, 6.07) is 11.9. The summed E-state index contributed by atoms with van der Waals surface area (Å²) in [6.07, 6.45) is 3.52. The molecule has 27 heavy (non-hydrogen) atoms. The summed E-state index contributed by atoms with van der Waals surface area (Å²) in [5, 5.41) is 0. The Morgan fingerprint density at radius 2 is 1.67 bits per heavy atom. The standard InChI is InChI=1S/C22H23NO4/c1-25-17-4-5-20-15(11-17)6-7-23-21(20)12-16(22(23)24)8-14-9-18(26-2)13-19(10-14)27-3/h4-5,8-11,13,21H,6-7,12H2,1-3H3/b16-8-. The van der Waals surface area contributed by atoms with Gasteiger partial charge in [-0.2, -0.15) is 0 Å². The maximum atomic E-state index is 13.0. The molecule has 1 unspecified atom stereocenters. The molecule has 2 heterocycles. The fraction of sp³-hybridized carbons (Fsp3) is 0.318. The zero-order chi connectivity index (χ0) is 19.0. The highest BCUT2D eigenvalue weighted by atomic mass is 16.5. The van der Waals surface area contributed by atoms with E-state index in [2.05, 4.69) is 12.1 Å². The minimum Gasteiger partial charge on any atom is -0.497 e. The Balaban J connectivity index is 1.67. The first-order valence-corrected chi connectivity index (χ1v) is 9.04. The van der Waals surface area contributed by atoms with Gasteiger partial charge < -0.3 is 19.1 Å². The van der Waals surface area contributed by atoms with Gasteiger partial charge in [-0.05, 0) is 53.5 Å². The summed E-state index contributed by atoms with van der Waals surface area (Å²) in [4.78, 5) is 14.9. The van der Waals surface area contributed by atoms with Crippen LogP contribution >= 0.6 is 0 Å². The second kappa shape index (κ2) is 6.99. The van der Waals surface area contributed by atoms with Crippen molar-refractivity contribution in [3.63, 3.8) is 0 Å². The van der Waals surface area contributed by atoms with Crippen molar-refractivity contribution in [1.82, 2.24) is 4.90 Å². The summed E-state index contributed by atoms with van der Waals surface area (Å²) < 4.78 is 16.0. The number of carbonyl (C=O) groups excluding carboxylic acids is 1. The number of carbonyl (C=O) groups is 1. The number of benzene rings is 2. The molecule has 0 aliphatic carbocycles. The van der Waals surface area contributed by atoms with E-state index >= 15 is 0 Å². The number of amides is 1. The lowest BCUT2D eigenvalue weighted by Crippen LogP contribution is -2.34. The van der Waals surface area contributed by atoms with Crippen LogP contribution in [0.4, 0.5) is 0 Å². The maximum Gasteiger partial charge on any atom is 0.250 e. The second-order valence-corrected chi connectivity index (χ2v) is 6.85. The molecule has 0 spiro atoms.